The van der Waals surface area contributed by atoms with E-state index in [9.17, 15) is 5.11 Å². The summed E-state index contributed by atoms with van der Waals surface area (Å²) in [5, 5.41) is 10.2. The van der Waals surface area contributed by atoms with Crippen LogP contribution in [0.25, 0.3) is 0 Å². The van der Waals surface area contributed by atoms with Gasteiger partial charge < -0.3 is 14.6 Å². The molecule has 4 aliphatic heterocycles. The van der Waals surface area contributed by atoms with Crippen molar-refractivity contribution in [2.45, 2.75) is 70.4 Å². The Labute approximate surface area is 119 Å². The molecule has 5 rings (SSSR count). The summed E-state index contributed by atoms with van der Waals surface area (Å²) in [5.41, 5.74) is -0.549. The van der Waals surface area contributed by atoms with Crippen LogP contribution in [0.15, 0.2) is 0 Å². The van der Waals surface area contributed by atoms with E-state index in [1.165, 1.54) is 6.42 Å². The summed E-state index contributed by atoms with van der Waals surface area (Å²) >= 11 is 0. The number of hydrogen-bond acceptors (Lipinski definition) is 5. The van der Waals surface area contributed by atoms with E-state index in [2.05, 4.69) is 6.92 Å². The van der Waals surface area contributed by atoms with Crippen molar-refractivity contribution in [1.82, 2.24) is 0 Å². The first-order valence-corrected chi connectivity index (χ1v) is 7.84. The highest BCUT2D eigenvalue weighted by molar-refractivity contribution is 5.08. The lowest BCUT2D eigenvalue weighted by Crippen LogP contribution is -2.70. The van der Waals surface area contributed by atoms with Crippen LogP contribution in [0.1, 0.15) is 46.5 Å². The van der Waals surface area contributed by atoms with Crippen LogP contribution in [-0.2, 0) is 19.2 Å². The average Bonchev–Trinajstić information content (AvgIpc) is 2.63. The van der Waals surface area contributed by atoms with Crippen molar-refractivity contribution in [3.05, 3.63) is 0 Å². The highest BCUT2D eigenvalue weighted by Gasteiger charge is 2.69. The third-order valence-electron chi connectivity index (χ3n) is 6.12. The molecule has 0 radical (unpaired) electrons. The lowest BCUT2D eigenvalue weighted by molar-refractivity contribution is -0.576. The van der Waals surface area contributed by atoms with Gasteiger partial charge in [0.15, 0.2) is 18.2 Å². The van der Waals surface area contributed by atoms with E-state index in [0.717, 1.165) is 19.3 Å². The summed E-state index contributed by atoms with van der Waals surface area (Å²) in [6.07, 6.45) is 2.72. The summed E-state index contributed by atoms with van der Waals surface area (Å²) in [7, 11) is 0. The molecule has 1 N–H and O–H groups in total. The lowest BCUT2D eigenvalue weighted by Gasteiger charge is -2.59. The molecule has 4 heterocycles. The number of ether oxygens (including phenoxy) is 2. The Balaban J connectivity index is 1.82. The average molecular weight is 284 g/mol. The van der Waals surface area contributed by atoms with Crippen molar-refractivity contribution < 1.29 is 24.4 Å². The van der Waals surface area contributed by atoms with E-state index >= 15 is 0 Å². The van der Waals surface area contributed by atoms with Gasteiger partial charge in [0, 0.05) is 18.3 Å². The molecule has 1 spiro atoms. The molecule has 8 atom stereocenters. The Morgan fingerprint density at radius 2 is 1.85 bits per heavy atom. The van der Waals surface area contributed by atoms with Gasteiger partial charge in [-0.3, -0.25) is 0 Å². The highest BCUT2D eigenvalue weighted by atomic mass is 17.3. The normalized spacial score (nSPS) is 61.8. The molecule has 5 nitrogen and oxygen atoms in total. The van der Waals surface area contributed by atoms with Crippen molar-refractivity contribution in [1.29, 1.82) is 0 Å². The molecule has 0 aromatic heterocycles. The topological polar surface area (TPSA) is 57.2 Å². The van der Waals surface area contributed by atoms with Crippen LogP contribution in [0.4, 0.5) is 0 Å². The van der Waals surface area contributed by atoms with Crippen molar-refractivity contribution >= 4 is 0 Å². The van der Waals surface area contributed by atoms with Crippen LogP contribution >= 0.6 is 0 Å². The van der Waals surface area contributed by atoms with Crippen molar-refractivity contribution in [3.8, 4) is 0 Å². The van der Waals surface area contributed by atoms with Gasteiger partial charge in [-0.05, 0) is 38.0 Å². The molecular weight excluding hydrogens is 260 g/mol. The maximum Gasteiger partial charge on any atom is 0.201 e. The Morgan fingerprint density at radius 3 is 2.65 bits per heavy atom. The van der Waals surface area contributed by atoms with Gasteiger partial charge in [0.2, 0.25) is 5.79 Å². The molecule has 4 unspecified atom stereocenters. The first-order chi connectivity index (χ1) is 9.46. The molecule has 1 aliphatic carbocycles. The molecule has 114 valence electrons. The smallest absolute Gasteiger partial charge is 0.201 e. The fraction of sp³-hybridized carbons (Fsp3) is 1.00. The maximum absolute atomic E-state index is 10.2. The van der Waals surface area contributed by atoms with E-state index in [-0.39, 0.29) is 11.8 Å². The molecule has 20 heavy (non-hydrogen) atoms. The maximum atomic E-state index is 10.2. The van der Waals surface area contributed by atoms with Crippen LogP contribution in [0.2, 0.25) is 0 Å². The molecule has 0 amide bonds. The second-order valence-corrected chi connectivity index (χ2v) is 7.30. The van der Waals surface area contributed by atoms with Gasteiger partial charge in [-0.25, -0.2) is 9.78 Å². The van der Waals surface area contributed by atoms with Crippen LogP contribution in [-0.4, -0.2) is 29.1 Å². The molecule has 5 fully saturated rings. The van der Waals surface area contributed by atoms with E-state index in [0.29, 0.717) is 11.8 Å². The first kappa shape index (κ1) is 13.5. The predicted octanol–water partition coefficient (Wildman–Crippen LogP) is 2.19. The molecular formula is C15H24O5. The fourth-order valence-corrected chi connectivity index (χ4v) is 4.89. The third-order valence-corrected chi connectivity index (χ3v) is 6.12. The fourth-order valence-electron chi connectivity index (χ4n) is 4.89. The highest BCUT2D eigenvalue weighted by Crippen LogP contribution is 2.60. The second kappa shape index (κ2) is 4.17. The lowest BCUT2D eigenvalue weighted by atomic mass is 9.58. The van der Waals surface area contributed by atoms with Crippen molar-refractivity contribution in [3.63, 3.8) is 0 Å². The van der Waals surface area contributed by atoms with Gasteiger partial charge in [-0.2, -0.15) is 0 Å². The minimum Gasteiger partial charge on any atom is -0.368 e. The second-order valence-electron chi connectivity index (χ2n) is 7.30. The Bertz CT molecular complexity index is 411. The standard InChI is InChI=1S/C15H24O5/c1-8-4-5-11-9(2)12(16)17-13-15(11)10(8)6-7-14(3,18-13)19-20-15/h8-13,16H,4-7H2,1-3H3/t8?,9-,10?,11+,12?,13-,14+,15?/m0/s1. The minimum atomic E-state index is -0.781. The molecule has 2 bridgehead atoms. The minimum absolute atomic E-state index is 0.0379. The molecule has 0 aromatic carbocycles. The van der Waals surface area contributed by atoms with Crippen molar-refractivity contribution in [2.24, 2.45) is 23.7 Å². The van der Waals surface area contributed by atoms with E-state index in [4.69, 9.17) is 19.2 Å². The van der Waals surface area contributed by atoms with E-state index in [1.54, 1.807) is 0 Å². The van der Waals surface area contributed by atoms with Crippen LogP contribution in [0.3, 0.4) is 0 Å². The number of hydrogen-bond donors (Lipinski definition) is 1. The summed E-state index contributed by atoms with van der Waals surface area (Å²) < 4.78 is 11.9. The molecule has 0 aromatic rings. The summed E-state index contributed by atoms with van der Waals surface area (Å²) in [6.45, 7) is 6.22. The quantitative estimate of drug-likeness (QED) is 0.691. The van der Waals surface area contributed by atoms with Crippen LogP contribution < -0.4 is 0 Å². The van der Waals surface area contributed by atoms with E-state index < -0.39 is 24.0 Å². The van der Waals surface area contributed by atoms with Gasteiger partial charge in [0.25, 0.3) is 0 Å². The zero-order chi connectivity index (χ0) is 14.1. The predicted molar refractivity (Wildman–Crippen MR) is 69.0 cm³/mol. The molecule has 1 saturated carbocycles. The molecule has 5 aliphatic rings. The van der Waals surface area contributed by atoms with Gasteiger partial charge in [-0.15, -0.1) is 0 Å². The van der Waals surface area contributed by atoms with E-state index in [1.807, 2.05) is 13.8 Å². The van der Waals surface area contributed by atoms with Crippen LogP contribution in [0, 0.1) is 23.7 Å². The number of rotatable bonds is 0. The van der Waals surface area contributed by atoms with Crippen molar-refractivity contribution in [2.75, 3.05) is 0 Å². The zero-order valence-electron chi connectivity index (χ0n) is 12.4. The molecule has 4 saturated heterocycles. The Hall–Kier alpha value is -0.200. The monoisotopic (exact) mass is 284 g/mol. The molecule has 5 heteroatoms. The Kier molecular flexibility index (Phi) is 2.81. The van der Waals surface area contributed by atoms with Crippen LogP contribution in [0.5, 0.6) is 0 Å². The summed E-state index contributed by atoms with van der Waals surface area (Å²) in [5.74, 6) is 0.437. The number of aliphatic hydroxyl groups excluding tert-OH is 1. The number of fused-ring (bicyclic) bond motifs is 2. The third kappa shape index (κ3) is 1.56. The number of aliphatic hydroxyl groups is 1. The summed E-state index contributed by atoms with van der Waals surface area (Å²) in [4.78, 5) is 11.6. The zero-order valence-corrected chi connectivity index (χ0v) is 12.4. The SMILES string of the molecule is CC1CC[C@@H]2[C@H](C)C(O)O[C@H]3O[C@@]4(C)CCC1C32OO4. The first-order valence-electron chi connectivity index (χ1n) is 7.84. The Morgan fingerprint density at radius 1 is 1.05 bits per heavy atom. The van der Waals surface area contributed by atoms with Gasteiger partial charge in [-0.1, -0.05) is 13.8 Å². The van der Waals surface area contributed by atoms with Gasteiger partial charge >= 0.3 is 0 Å². The van der Waals surface area contributed by atoms with Gasteiger partial charge in [0.05, 0.1) is 0 Å². The largest absolute Gasteiger partial charge is 0.368 e. The van der Waals surface area contributed by atoms with Gasteiger partial charge in [0.1, 0.15) is 0 Å². The summed E-state index contributed by atoms with van der Waals surface area (Å²) in [6, 6.07) is 0.